The van der Waals surface area contributed by atoms with E-state index >= 15 is 0 Å². The minimum absolute atomic E-state index is 0.373. The summed E-state index contributed by atoms with van der Waals surface area (Å²) >= 11 is 0. The van der Waals surface area contributed by atoms with E-state index in [1.54, 1.807) is 14.2 Å². The molecule has 8 nitrogen and oxygen atoms in total. The number of nitrogens with zero attached hydrogens (tertiary/aromatic N) is 2. The number of hydrogen-bond donors (Lipinski definition) is 2. The fraction of sp³-hybridized carbons (Fsp3) is 0.435. The summed E-state index contributed by atoms with van der Waals surface area (Å²) in [4.78, 5) is 6.77. The van der Waals surface area contributed by atoms with Crippen molar-refractivity contribution >= 4 is 5.96 Å². The summed E-state index contributed by atoms with van der Waals surface area (Å²) in [6.07, 6.45) is 0. The molecular weight excluding hydrogens is 396 g/mol. The van der Waals surface area contributed by atoms with Crippen LogP contribution in [0.1, 0.15) is 11.1 Å². The first-order valence-electron chi connectivity index (χ1n) is 10.4. The molecule has 1 heterocycles. The molecule has 168 valence electrons. The van der Waals surface area contributed by atoms with E-state index in [2.05, 4.69) is 15.2 Å². The summed E-state index contributed by atoms with van der Waals surface area (Å²) in [5.74, 6) is 2.59. The smallest absolute Gasteiger partial charge is 0.189 e. The molecule has 8 heteroatoms. The van der Waals surface area contributed by atoms with Gasteiger partial charge in [0.2, 0.25) is 0 Å². The predicted octanol–water partition coefficient (Wildman–Crippen LogP) is 2.02. The Balaban J connectivity index is 1.49. The molecule has 1 saturated heterocycles. The van der Waals surface area contributed by atoms with Crippen LogP contribution in [0.15, 0.2) is 47.5 Å². The van der Waals surface area contributed by atoms with Crippen molar-refractivity contribution in [3.8, 4) is 17.2 Å². The molecule has 0 saturated carbocycles. The Kier molecular flexibility index (Phi) is 8.81. The largest absolute Gasteiger partial charge is 0.493 e. The Morgan fingerprint density at radius 1 is 1.06 bits per heavy atom. The van der Waals surface area contributed by atoms with Crippen LogP contribution in [0.3, 0.4) is 0 Å². The van der Waals surface area contributed by atoms with Gasteiger partial charge in [0.05, 0.1) is 34.0 Å². The maximum absolute atomic E-state index is 6.07. The lowest BCUT2D eigenvalue weighted by Gasteiger charge is -2.26. The van der Waals surface area contributed by atoms with Crippen molar-refractivity contribution in [3.63, 3.8) is 0 Å². The van der Waals surface area contributed by atoms with Crippen LogP contribution in [0, 0.1) is 0 Å². The number of benzene rings is 2. The van der Waals surface area contributed by atoms with Gasteiger partial charge in [-0.1, -0.05) is 24.3 Å². The van der Waals surface area contributed by atoms with Crippen molar-refractivity contribution < 1.29 is 18.9 Å². The predicted molar refractivity (Wildman–Crippen MR) is 121 cm³/mol. The van der Waals surface area contributed by atoms with Crippen LogP contribution < -0.4 is 25.3 Å². The number of hydrogen-bond acceptors (Lipinski definition) is 6. The van der Waals surface area contributed by atoms with Crippen LogP contribution in [-0.2, 0) is 17.8 Å². The Labute approximate surface area is 183 Å². The highest BCUT2D eigenvalue weighted by Gasteiger charge is 2.11. The Hall–Kier alpha value is -2.97. The number of morpholine rings is 1. The lowest BCUT2D eigenvalue weighted by atomic mass is 10.2. The molecule has 0 radical (unpaired) electrons. The van der Waals surface area contributed by atoms with E-state index in [4.69, 9.17) is 24.7 Å². The van der Waals surface area contributed by atoms with E-state index < -0.39 is 0 Å². The molecule has 1 aliphatic heterocycles. The first kappa shape index (κ1) is 22.7. The topological polar surface area (TPSA) is 90.6 Å². The first-order valence-corrected chi connectivity index (χ1v) is 10.4. The maximum atomic E-state index is 6.07. The summed E-state index contributed by atoms with van der Waals surface area (Å²) in [5.41, 5.74) is 8.08. The van der Waals surface area contributed by atoms with Crippen LogP contribution in [0.2, 0.25) is 0 Å². The highest BCUT2D eigenvalue weighted by atomic mass is 16.5. The molecule has 3 rings (SSSR count). The van der Waals surface area contributed by atoms with Crippen LogP contribution >= 0.6 is 0 Å². The Morgan fingerprint density at radius 2 is 1.84 bits per heavy atom. The SMILES string of the molecule is COc1ccc(CN=C(N)NCc2ccccc2OCCN2CCOCC2)cc1OC. The monoisotopic (exact) mass is 428 g/mol. The third-order valence-corrected chi connectivity index (χ3v) is 5.08. The summed E-state index contributed by atoms with van der Waals surface area (Å²) < 4.78 is 22.0. The molecular formula is C23H32N4O4. The normalized spacial score (nSPS) is 14.8. The van der Waals surface area contributed by atoms with Gasteiger partial charge in [-0.2, -0.15) is 0 Å². The number of ether oxygens (including phenoxy) is 4. The molecule has 0 atom stereocenters. The maximum Gasteiger partial charge on any atom is 0.189 e. The van der Waals surface area contributed by atoms with E-state index in [9.17, 15) is 0 Å². The molecule has 0 aliphatic carbocycles. The number of methoxy groups -OCH3 is 2. The van der Waals surface area contributed by atoms with Gasteiger partial charge in [-0.05, 0) is 23.8 Å². The summed E-state index contributed by atoms with van der Waals surface area (Å²) in [5, 5.41) is 3.17. The van der Waals surface area contributed by atoms with Crippen molar-refractivity contribution in [2.45, 2.75) is 13.1 Å². The zero-order chi connectivity index (χ0) is 21.9. The van der Waals surface area contributed by atoms with Gasteiger partial charge < -0.3 is 30.0 Å². The van der Waals surface area contributed by atoms with Crippen molar-refractivity contribution in [1.82, 2.24) is 10.2 Å². The number of aliphatic imine (C=N–C) groups is 1. The van der Waals surface area contributed by atoms with Crippen LogP contribution in [0.4, 0.5) is 0 Å². The van der Waals surface area contributed by atoms with Gasteiger partial charge in [-0.3, -0.25) is 4.90 Å². The van der Waals surface area contributed by atoms with Crippen LogP contribution in [0.25, 0.3) is 0 Å². The minimum Gasteiger partial charge on any atom is -0.493 e. The van der Waals surface area contributed by atoms with Gasteiger partial charge in [0.1, 0.15) is 12.4 Å². The highest BCUT2D eigenvalue weighted by molar-refractivity contribution is 5.77. The third-order valence-electron chi connectivity index (χ3n) is 5.08. The summed E-state index contributed by atoms with van der Waals surface area (Å²) in [6, 6.07) is 13.7. The Morgan fingerprint density at radius 3 is 2.61 bits per heavy atom. The van der Waals surface area contributed by atoms with Gasteiger partial charge in [-0.25, -0.2) is 4.99 Å². The molecule has 2 aromatic carbocycles. The van der Waals surface area contributed by atoms with Gasteiger partial charge in [-0.15, -0.1) is 0 Å². The van der Waals surface area contributed by atoms with E-state index in [1.165, 1.54) is 0 Å². The quantitative estimate of drug-likeness (QED) is 0.442. The standard InChI is InChI=1S/C23H32N4O4/c1-28-21-8-7-18(15-22(21)29-2)16-25-23(24)26-17-19-5-3-4-6-20(19)31-14-11-27-9-12-30-13-10-27/h3-8,15H,9-14,16-17H2,1-2H3,(H3,24,25,26). The second kappa shape index (κ2) is 12.0. The van der Waals surface area contributed by atoms with Crippen LogP contribution in [0.5, 0.6) is 17.2 Å². The zero-order valence-corrected chi connectivity index (χ0v) is 18.3. The number of para-hydroxylation sites is 1. The molecule has 2 aromatic rings. The zero-order valence-electron chi connectivity index (χ0n) is 18.3. The third kappa shape index (κ3) is 7.04. The van der Waals surface area contributed by atoms with Crippen LogP contribution in [-0.4, -0.2) is 64.5 Å². The summed E-state index contributed by atoms with van der Waals surface area (Å²) in [7, 11) is 3.23. The van der Waals surface area contributed by atoms with E-state index in [-0.39, 0.29) is 0 Å². The summed E-state index contributed by atoms with van der Waals surface area (Å²) in [6.45, 7) is 6.01. The molecule has 1 fully saturated rings. The fourth-order valence-corrected chi connectivity index (χ4v) is 3.30. The van der Waals surface area contributed by atoms with Crippen molar-refractivity contribution in [1.29, 1.82) is 0 Å². The van der Waals surface area contributed by atoms with E-state index in [1.807, 2.05) is 42.5 Å². The van der Waals surface area contributed by atoms with Gasteiger partial charge in [0.15, 0.2) is 17.5 Å². The fourth-order valence-electron chi connectivity index (χ4n) is 3.30. The minimum atomic E-state index is 0.373. The van der Waals surface area contributed by atoms with E-state index in [0.29, 0.717) is 37.2 Å². The molecule has 31 heavy (non-hydrogen) atoms. The van der Waals surface area contributed by atoms with Crippen molar-refractivity contribution in [3.05, 3.63) is 53.6 Å². The Bertz CT molecular complexity index is 853. The second-order valence-corrected chi connectivity index (χ2v) is 7.15. The number of rotatable bonds is 10. The average Bonchev–Trinajstić information content (AvgIpc) is 2.82. The van der Waals surface area contributed by atoms with Gasteiger partial charge in [0.25, 0.3) is 0 Å². The molecule has 0 unspecified atom stereocenters. The molecule has 3 N–H and O–H groups in total. The molecule has 0 bridgehead atoms. The average molecular weight is 429 g/mol. The molecule has 0 aromatic heterocycles. The van der Waals surface area contributed by atoms with Crippen molar-refractivity contribution in [2.75, 3.05) is 53.7 Å². The molecule has 0 amide bonds. The first-order chi connectivity index (χ1) is 15.2. The number of nitrogens with two attached hydrogens (primary N) is 1. The van der Waals surface area contributed by atoms with Gasteiger partial charge in [0, 0.05) is 31.7 Å². The molecule has 0 spiro atoms. The molecule has 1 aliphatic rings. The second-order valence-electron chi connectivity index (χ2n) is 7.15. The highest BCUT2D eigenvalue weighted by Crippen LogP contribution is 2.27. The number of nitrogens with one attached hydrogen (secondary N) is 1. The lowest BCUT2D eigenvalue weighted by molar-refractivity contribution is 0.0322. The lowest BCUT2D eigenvalue weighted by Crippen LogP contribution is -2.38. The number of guanidine groups is 1. The van der Waals surface area contributed by atoms with Crippen molar-refractivity contribution in [2.24, 2.45) is 10.7 Å². The van der Waals surface area contributed by atoms with E-state index in [0.717, 1.165) is 49.7 Å². The van der Waals surface area contributed by atoms with Gasteiger partial charge >= 0.3 is 0 Å².